The standard InChI is InChI=1S/C16H19NO6/c1-11(18)23-16-13(20-2)9-12(10-14(16)21-3)5-6-15(19)17-7-4-8-22-17/h5-6,9-10H,4,7-8H2,1-3H3. The minimum Gasteiger partial charge on any atom is -0.493 e. The highest BCUT2D eigenvalue weighted by Gasteiger charge is 2.18. The largest absolute Gasteiger partial charge is 0.493 e. The monoisotopic (exact) mass is 321 g/mol. The Morgan fingerprint density at radius 2 is 1.87 bits per heavy atom. The van der Waals surface area contributed by atoms with Crippen LogP contribution < -0.4 is 14.2 Å². The molecule has 1 aromatic carbocycles. The van der Waals surface area contributed by atoms with Gasteiger partial charge in [-0.05, 0) is 30.2 Å². The van der Waals surface area contributed by atoms with Crippen molar-refractivity contribution in [3.63, 3.8) is 0 Å². The Bertz CT molecular complexity index is 594. The van der Waals surface area contributed by atoms with Gasteiger partial charge in [0.15, 0.2) is 11.5 Å². The predicted octanol–water partition coefficient (Wildman–Crippen LogP) is 1.81. The smallest absolute Gasteiger partial charge is 0.308 e. The summed E-state index contributed by atoms with van der Waals surface area (Å²) in [6, 6.07) is 3.30. The van der Waals surface area contributed by atoms with Gasteiger partial charge in [-0.25, -0.2) is 5.06 Å². The van der Waals surface area contributed by atoms with Crippen molar-refractivity contribution in [3.05, 3.63) is 23.8 Å². The van der Waals surface area contributed by atoms with Crippen molar-refractivity contribution in [1.29, 1.82) is 0 Å². The van der Waals surface area contributed by atoms with Gasteiger partial charge in [-0.3, -0.25) is 14.4 Å². The van der Waals surface area contributed by atoms with Crippen LogP contribution in [0.5, 0.6) is 17.2 Å². The highest BCUT2D eigenvalue weighted by atomic mass is 16.7. The van der Waals surface area contributed by atoms with E-state index in [1.54, 1.807) is 18.2 Å². The lowest BCUT2D eigenvalue weighted by Crippen LogP contribution is -2.24. The van der Waals surface area contributed by atoms with E-state index in [4.69, 9.17) is 19.0 Å². The van der Waals surface area contributed by atoms with Crippen molar-refractivity contribution in [2.75, 3.05) is 27.4 Å². The van der Waals surface area contributed by atoms with Gasteiger partial charge in [-0.2, -0.15) is 0 Å². The fraction of sp³-hybridized carbons (Fsp3) is 0.375. The lowest BCUT2D eigenvalue weighted by Gasteiger charge is -2.13. The molecule has 0 atom stereocenters. The van der Waals surface area contributed by atoms with Gasteiger partial charge in [0.1, 0.15) is 0 Å². The molecule has 0 aliphatic carbocycles. The third-order valence-electron chi connectivity index (χ3n) is 3.15. The first-order valence-electron chi connectivity index (χ1n) is 7.12. The minimum absolute atomic E-state index is 0.203. The number of ether oxygens (including phenoxy) is 3. The second-order valence-corrected chi connectivity index (χ2v) is 4.81. The number of rotatable bonds is 5. The maximum absolute atomic E-state index is 11.9. The number of benzene rings is 1. The average Bonchev–Trinajstić information content (AvgIpc) is 3.07. The van der Waals surface area contributed by atoms with Crippen LogP contribution >= 0.6 is 0 Å². The molecule has 0 aromatic heterocycles. The van der Waals surface area contributed by atoms with Gasteiger partial charge in [-0.1, -0.05) is 0 Å². The summed E-state index contributed by atoms with van der Waals surface area (Å²) >= 11 is 0. The number of hydrogen-bond acceptors (Lipinski definition) is 6. The van der Waals surface area contributed by atoms with Crippen LogP contribution in [0.15, 0.2) is 18.2 Å². The summed E-state index contributed by atoms with van der Waals surface area (Å²) in [5, 5.41) is 1.32. The molecular weight excluding hydrogens is 302 g/mol. The molecule has 0 bridgehead atoms. The second-order valence-electron chi connectivity index (χ2n) is 4.81. The highest BCUT2D eigenvalue weighted by molar-refractivity contribution is 5.91. The summed E-state index contributed by atoms with van der Waals surface area (Å²) < 4.78 is 15.6. The lowest BCUT2D eigenvalue weighted by atomic mass is 10.1. The first-order valence-corrected chi connectivity index (χ1v) is 7.12. The molecule has 0 spiro atoms. The number of methoxy groups -OCH3 is 2. The molecule has 1 amide bonds. The van der Waals surface area contributed by atoms with Crippen LogP contribution in [0.3, 0.4) is 0 Å². The Morgan fingerprint density at radius 1 is 1.22 bits per heavy atom. The van der Waals surface area contributed by atoms with Gasteiger partial charge >= 0.3 is 5.97 Å². The molecule has 124 valence electrons. The highest BCUT2D eigenvalue weighted by Crippen LogP contribution is 2.39. The Hall–Kier alpha value is -2.54. The van der Waals surface area contributed by atoms with E-state index in [9.17, 15) is 9.59 Å². The Balaban J connectivity index is 2.25. The quantitative estimate of drug-likeness (QED) is 0.468. The van der Waals surface area contributed by atoms with Gasteiger partial charge in [0.25, 0.3) is 5.91 Å². The van der Waals surface area contributed by atoms with Crippen LogP contribution in [0.2, 0.25) is 0 Å². The number of amides is 1. The van der Waals surface area contributed by atoms with Crippen LogP contribution in [0.25, 0.3) is 6.08 Å². The number of carbonyl (C=O) groups excluding carboxylic acids is 2. The van der Waals surface area contributed by atoms with Crippen LogP contribution in [-0.4, -0.2) is 44.3 Å². The summed E-state index contributed by atoms with van der Waals surface area (Å²) in [7, 11) is 2.91. The first-order chi connectivity index (χ1) is 11.0. The van der Waals surface area contributed by atoms with Crippen molar-refractivity contribution < 1.29 is 28.6 Å². The van der Waals surface area contributed by atoms with E-state index in [0.29, 0.717) is 30.2 Å². The Labute approximate surface area is 134 Å². The summed E-state index contributed by atoms with van der Waals surface area (Å²) in [6.45, 7) is 2.43. The van der Waals surface area contributed by atoms with Crippen LogP contribution in [0, 0.1) is 0 Å². The topological polar surface area (TPSA) is 74.3 Å². The van der Waals surface area contributed by atoms with Crippen LogP contribution in [-0.2, 0) is 14.4 Å². The molecular formula is C16H19NO6. The van der Waals surface area contributed by atoms with Crippen molar-refractivity contribution in [3.8, 4) is 17.2 Å². The third kappa shape index (κ3) is 4.23. The predicted molar refractivity (Wildman–Crippen MR) is 82.2 cm³/mol. The molecule has 1 aliphatic rings. The third-order valence-corrected chi connectivity index (χ3v) is 3.15. The maximum Gasteiger partial charge on any atom is 0.308 e. The lowest BCUT2D eigenvalue weighted by molar-refractivity contribution is -0.162. The molecule has 0 radical (unpaired) electrons. The molecule has 1 saturated heterocycles. The average molecular weight is 321 g/mol. The summed E-state index contributed by atoms with van der Waals surface area (Å²) in [5.74, 6) is 0.165. The molecule has 0 unspecified atom stereocenters. The number of esters is 1. The number of hydrogen-bond donors (Lipinski definition) is 0. The fourth-order valence-corrected chi connectivity index (χ4v) is 2.11. The second kappa shape index (κ2) is 7.64. The van der Waals surface area contributed by atoms with Gasteiger partial charge in [-0.15, -0.1) is 0 Å². The fourth-order valence-electron chi connectivity index (χ4n) is 2.11. The van der Waals surface area contributed by atoms with E-state index in [0.717, 1.165) is 6.42 Å². The summed E-state index contributed by atoms with van der Waals surface area (Å²) in [6.07, 6.45) is 3.86. The Kier molecular flexibility index (Phi) is 5.59. The van der Waals surface area contributed by atoms with Crippen LogP contribution in [0.4, 0.5) is 0 Å². The van der Waals surface area contributed by atoms with Gasteiger partial charge < -0.3 is 14.2 Å². The molecule has 7 heteroatoms. The van der Waals surface area contributed by atoms with Crippen LogP contribution in [0.1, 0.15) is 18.9 Å². The molecule has 0 N–H and O–H groups in total. The SMILES string of the molecule is COc1cc(C=CC(=O)N2CCCO2)cc(OC)c1OC(C)=O. The van der Waals surface area contributed by atoms with E-state index in [1.165, 1.54) is 32.3 Å². The van der Waals surface area contributed by atoms with E-state index in [-0.39, 0.29) is 11.7 Å². The van der Waals surface area contributed by atoms with Crippen molar-refractivity contribution in [2.24, 2.45) is 0 Å². The summed E-state index contributed by atoms with van der Waals surface area (Å²) in [4.78, 5) is 28.3. The number of nitrogens with zero attached hydrogens (tertiary/aromatic N) is 1. The van der Waals surface area contributed by atoms with E-state index < -0.39 is 5.97 Å². The summed E-state index contributed by atoms with van der Waals surface area (Å²) in [5.41, 5.74) is 0.669. The van der Waals surface area contributed by atoms with E-state index >= 15 is 0 Å². The zero-order chi connectivity index (χ0) is 16.8. The number of hydroxylamine groups is 2. The van der Waals surface area contributed by atoms with Gasteiger partial charge in [0, 0.05) is 13.0 Å². The Morgan fingerprint density at radius 3 is 2.35 bits per heavy atom. The molecule has 1 aliphatic heterocycles. The minimum atomic E-state index is -0.480. The maximum atomic E-state index is 11.9. The molecule has 2 rings (SSSR count). The molecule has 1 fully saturated rings. The van der Waals surface area contributed by atoms with Crippen molar-refractivity contribution in [1.82, 2.24) is 5.06 Å². The molecule has 0 saturated carbocycles. The zero-order valence-electron chi connectivity index (χ0n) is 13.3. The van der Waals surface area contributed by atoms with Gasteiger partial charge in [0.2, 0.25) is 5.75 Å². The zero-order valence-corrected chi connectivity index (χ0v) is 13.3. The molecule has 1 aromatic rings. The van der Waals surface area contributed by atoms with Crippen molar-refractivity contribution >= 4 is 18.0 Å². The van der Waals surface area contributed by atoms with E-state index in [2.05, 4.69) is 0 Å². The normalized spacial score (nSPS) is 14.1. The number of carbonyl (C=O) groups is 2. The van der Waals surface area contributed by atoms with Crippen molar-refractivity contribution in [2.45, 2.75) is 13.3 Å². The molecule has 23 heavy (non-hydrogen) atoms. The van der Waals surface area contributed by atoms with Gasteiger partial charge in [0.05, 0.1) is 27.4 Å². The van der Waals surface area contributed by atoms with E-state index in [1.807, 2.05) is 0 Å². The molecule has 1 heterocycles. The first kappa shape index (κ1) is 16.8. The molecule has 7 nitrogen and oxygen atoms in total.